The standard InChI is InChI=1S/C22H27NO3/c1-3-5-6-7-17-26-21-14-10-19(11-15-21)23-22(24)18-8-12-20(13-9-18)25-16-4-2/h4,8-15H,2-3,5-7,16-17H2,1H3,(H,23,24). The Balaban J connectivity index is 1.82. The summed E-state index contributed by atoms with van der Waals surface area (Å²) < 4.78 is 11.1. The van der Waals surface area contributed by atoms with Gasteiger partial charge in [0.25, 0.3) is 5.91 Å². The van der Waals surface area contributed by atoms with E-state index in [0.29, 0.717) is 17.9 Å². The lowest BCUT2D eigenvalue weighted by atomic mass is 10.2. The third-order valence-electron chi connectivity index (χ3n) is 3.86. The summed E-state index contributed by atoms with van der Waals surface area (Å²) in [6.07, 6.45) is 6.41. The summed E-state index contributed by atoms with van der Waals surface area (Å²) in [5, 5.41) is 2.88. The maximum absolute atomic E-state index is 12.3. The smallest absolute Gasteiger partial charge is 0.255 e. The molecule has 0 aliphatic carbocycles. The van der Waals surface area contributed by atoms with E-state index >= 15 is 0 Å². The third kappa shape index (κ3) is 6.63. The third-order valence-corrected chi connectivity index (χ3v) is 3.86. The monoisotopic (exact) mass is 353 g/mol. The van der Waals surface area contributed by atoms with Crippen molar-refractivity contribution in [3.8, 4) is 11.5 Å². The van der Waals surface area contributed by atoms with E-state index < -0.39 is 0 Å². The predicted molar refractivity (Wildman–Crippen MR) is 106 cm³/mol. The van der Waals surface area contributed by atoms with Gasteiger partial charge in [-0.1, -0.05) is 38.8 Å². The van der Waals surface area contributed by atoms with Gasteiger partial charge < -0.3 is 14.8 Å². The molecule has 0 aromatic heterocycles. The van der Waals surface area contributed by atoms with Crippen LogP contribution in [-0.2, 0) is 0 Å². The Labute approximate surface area is 155 Å². The fourth-order valence-electron chi connectivity index (χ4n) is 2.41. The molecule has 0 spiro atoms. The highest BCUT2D eigenvalue weighted by atomic mass is 16.5. The number of hydrogen-bond donors (Lipinski definition) is 1. The molecule has 4 heteroatoms. The SMILES string of the molecule is C=CCOc1ccc(C(=O)Nc2ccc(OCCCCCC)cc2)cc1. The van der Waals surface area contributed by atoms with Gasteiger partial charge in [0.2, 0.25) is 0 Å². The minimum Gasteiger partial charge on any atom is -0.494 e. The lowest BCUT2D eigenvalue weighted by Gasteiger charge is -2.09. The van der Waals surface area contributed by atoms with Crippen LogP contribution < -0.4 is 14.8 Å². The van der Waals surface area contributed by atoms with Crippen LogP contribution in [0.5, 0.6) is 11.5 Å². The van der Waals surface area contributed by atoms with Crippen molar-refractivity contribution in [2.45, 2.75) is 32.6 Å². The molecule has 2 aromatic rings. The van der Waals surface area contributed by atoms with E-state index in [1.807, 2.05) is 24.3 Å². The van der Waals surface area contributed by atoms with Crippen molar-refractivity contribution < 1.29 is 14.3 Å². The van der Waals surface area contributed by atoms with Crippen molar-refractivity contribution in [3.05, 3.63) is 66.7 Å². The zero-order valence-corrected chi connectivity index (χ0v) is 15.4. The molecule has 0 atom stereocenters. The lowest BCUT2D eigenvalue weighted by Crippen LogP contribution is -2.11. The molecule has 0 aliphatic heterocycles. The van der Waals surface area contributed by atoms with Crippen LogP contribution in [0, 0.1) is 0 Å². The van der Waals surface area contributed by atoms with Crippen molar-refractivity contribution in [1.82, 2.24) is 0 Å². The lowest BCUT2D eigenvalue weighted by molar-refractivity contribution is 0.102. The van der Waals surface area contributed by atoms with Gasteiger partial charge in [0.05, 0.1) is 6.61 Å². The maximum Gasteiger partial charge on any atom is 0.255 e. The Morgan fingerprint density at radius 1 is 0.962 bits per heavy atom. The molecular weight excluding hydrogens is 326 g/mol. The van der Waals surface area contributed by atoms with Crippen LogP contribution in [0.25, 0.3) is 0 Å². The van der Waals surface area contributed by atoms with E-state index in [9.17, 15) is 4.79 Å². The molecule has 0 aliphatic rings. The van der Waals surface area contributed by atoms with Crippen molar-refractivity contribution >= 4 is 11.6 Å². The second kappa shape index (κ2) is 11.0. The van der Waals surface area contributed by atoms with Crippen LogP contribution in [-0.4, -0.2) is 19.1 Å². The molecule has 2 rings (SSSR count). The fraction of sp³-hybridized carbons (Fsp3) is 0.318. The Morgan fingerprint density at radius 3 is 2.27 bits per heavy atom. The van der Waals surface area contributed by atoms with E-state index in [4.69, 9.17) is 9.47 Å². The fourth-order valence-corrected chi connectivity index (χ4v) is 2.41. The predicted octanol–water partition coefficient (Wildman–Crippen LogP) is 5.46. The van der Waals surface area contributed by atoms with Gasteiger partial charge in [0.1, 0.15) is 18.1 Å². The molecule has 4 nitrogen and oxygen atoms in total. The Bertz CT molecular complexity index is 678. The minimum absolute atomic E-state index is 0.159. The molecule has 0 radical (unpaired) electrons. The molecule has 0 heterocycles. The second-order valence-electron chi connectivity index (χ2n) is 6.01. The van der Waals surface area contributed by atoms with Gasteiger partial charge in [-0.15, -0.1) is 0 Å². The van der Waals surface area contributed by atoms with Crippen LogP contribution >= 0.6 is 0 Å². The van der Waals surface area contributed by atoms with E-state index in [0.717, 1.165) is 24.5 Å². The molecule has 0 bridgehead atoms. The number of nitrogens with one attached hydrogen (secondary N) is 1. The number of amides is 1. The number of ether oxygens (including phenoxy) is 2. The Kier molecular flexibility index (Phi) is 8.27. The van der Waals surface area contributed by atoms with Crippen molar-refractivity contribution in [2.75, 3.05) is 18.5 Å². The average molecular weight is 353 g/mol. The van der Waals surface area contributed by atoms with Gasteiger partial charge in [-0.2, -0.15) is 0 Å². The highest BCUT2D eigenvalue weighted by molar-refractivity contribution is 6.04. The van der Waals surface area contributed by atoms with E-state index in [1.54, 1.807) is 30.3 Å². The molecule has 0 saturated carbocycles. The molecular formula is C22H27NO3. The maximum atomic E-state index is 12.3. The molecule has 138 valence electrons. The molecule has 1 N–H and O–H groups in total. The number of carbonyl (C=O) groups excluding carboxylic acids is 1. The first kappa shape index (κ1) is 19.6. The largest absolute Gasteiger partial charge is 0.494 e. The van der Waals surface area contributed by atoms with Crippen LogP contribution in [0.2, 0.25) is 0 Å². The number of benzene rings is 2. The first-order valence-corrected chi connectivity index (χ1v) is 9.11. The van der Waals surface area contributed by atoms with Crippen LogP contribution in [0.1, 0.15) is 43.0 Å². The molecule has 0 fully saturated rings. The van der Waals surface area contributed by atoms with E-state index in [1.165, 1.54) is 19.3 Å². The first-order chi connectivity index (χ1) is 12.7. The Morgan fingerprint density at radius 2 is 1.62 bits per heavy atom. The summed E-state index contributed by atoms with van der Waals surface area (Å²) in [6.45, 7) is 6.97. The normalized spacial score (nSPS) is 10.2. The molecule has 1 amide bonds. The van der Waals surface area contributed by atoms with Crippen LogP contribution in [0.4, 0.5) is 5.69 Å². The first-order valence-electron chi connectivity index (χ1n) is 9.11. The number of unbranched alkanes of at least 4 members (excludes halogenated alkanes) is 3. The molecule has 2 aromatic carbocycles. The van der Waals surface area contributed by atoms with Crippen molar-refractivity contribution in [2.24, 2.45) is 0 Å². The van der Waals surface area contributed by atoms with Gasteiger partial charge >= 0.3 is 0 Å². The summed E-state index contributed by atoms with van der Waals surface area (Å²) in [7, 11) is 0. The zero-order chi connectivity index (χ0) is 18.6. The van der Waals surface area contributed by atoms with Gasteiger partial charge in [-0.25, -0.2) is 0 Å². The molecule has 26 heavy (non-hydrogen) atoms. The highest BCUT2D eigenvalue weighted by Crippen LogP contribution is 2.18. The highest BCUT2D eigenvalue weighted by Gasteiger charge is 2.06. The molecule has 0 saturated heterocycles. The van der Waals surface area contributed by atoms with Crippen molar-refractivity contribution in [1.29, 1.82) is 0 Å². The Hall–Kier alpha value is -2.75. The van der Waals surface area contributed by atoms with Gasteiger partial charge in [-0.3, -0.25) is 4.79 Å². The molecule has 0 unspecified atom stereocenters. The number of rotatable bonds is 11. The van der Waals surface area contributed by atoms with Gasteiger partial charge in [0, 0.05) is 11.3 Å². The summed E-state index contributed by atoms with van der Waals surface area (Å²) in [4.78, 5) is 12.3. The summed E-state index contributed by atoms with van der Waals surface area (Å²) in [5.41, 5.74) is 1.31. The van der Waals surface area contributed by atoms with Crippen LogP contribution in [0.15, 0.2) is 61.2 Å². The summed E-state index contributed by atoms with van der Waals surface area (Å²) in [5.74, 6) is 1.37. The van der Waals surface area contributed by atoms with E-state index in [2.05, 4.69) is 18.8 Å². The topological polar surface area (TPSA) is 47.6 Å². The summed E-state index contributed by atoms with van der Waals surface area (Å²) in [6, 6.07) is 14.5. The minimum atomic E-state index is -0.159. The summed E-state index contributed by atoms with van der Waals surface area (Å²) >= 11 is 0. The number of anilines is 1. The van der Waals surface area contributed by atoms with E-state index in [-0.39, 0.29) is 5.91 Å². The zero-order valence-electron chi connectivity index (χ0n) is 15.4. The van der Waals surface area contributed by atoms with Gasteiger partial charge in [0.15, 0.2) is 0 Å². The average Bonchev–Trinajstić information content (AvgIpc) is 2.68. The second-order valence-corrected chi connectivity index (χ2v) is 6.01. The quantitative estimate of drug-likeness (QED) is 0.431. The van der Waals surface area contributed by atoms with Crippen molar-refractivity contribution in [3.63, 3.8) is 0 Å². The van der Waals surface area contributed by atoms with Crippen LogP contribution in [0.3, 0.4) is 0 Å². The number of hydrogen-bond acceptors (Lipinski definition) is 3. The van der Waals surface area contributed by atoms with Gasteiger partial charge in [-0.05, 0) is 55.0 Å². The number of carbonyl (C=O) groups is 1.